The van der Waals surface area contributed by atoms with Crippen LogP contribution in [0.1, 0.15) is 15.4 Å². The summed E-state index contributed by atoms with van der Waals surface area (Å²) in [4.78, 5) is 26.6. The summed E-state index contributed by atoms with van der Waals surface area (Å²) in [5.74, 6) is -0.857. The molecule has 104 valence electrons. The Balaban J connectivity index is 1.92. The zero-order valence-corrected chi connectivity index (χ0v) is 11.4. The summed E-state index contributed by atoms with van der Waals surface area (Å²) in [6, 6.07) is 8.93. The molecule has 1 aromatic carbocycles. The fourth-order valence-electron chi connectivity index (χ4n) is 1.47. The highest BCUT2D eigenvalue weighted by Gasteiger charge is 2.15. The van der Waals surface area contributed by atoms with E-state index in [0.717, 1.165) is 11.3 Å². The van der Waals surface area contributed by atoms with Crippen molar-refractivity contribution in [1.29, 1.82) is 0 Å². The number of hydrogen-bond acceptors (Lipinski definition) is 5. The van der Waals surface area contributed by atoms with E-state index in [9.17, 15) is 9.59 Å². The Hall–Kier alpha value is -2.41. The third-order valence-electron chi connectivity index (χ3n) is 2.35. The lowest BCUT2D eigenvalue weighted by atomic mass is 10.3. The lowest BCUT2D eigenvalue weighted by Crippen LogP contribution is -2.20. The van der Waals surface area contributed by atoms with Crippen LogP contribution in [-0.4, -0.2) is 28.6 Å². The number of nitrogens with zero attached hydrogens (tertiary/aromatic N) is 1. The molecule has 2 aromatic rings. The zero-order chi connectivity index (χ0) is 14.5. The molecule has 0 spiro atoms. The molecule has 7 heteroatoms. The Morgan fingerprint density at radius 3 is 2.65 bits per heavy atom. The van der Waals surface area contributed by atoms with Gasteiger partial charge in [-0.1, -0.05) is 29.5 Å². The lowest BCUT2D eigenvalue weighted by Gasteiger charge is -2.05. The molecular weight excluding hydrogens is 280 g/mol. The van der Waals surface area contributed by atoms with Crippen LogP contribution in [0.25, 0.3) is 0 Å². The van der Waals surface area contributed by atoms with Gasteiger partial charge in [0, 0.05) is 0 Å². The average molecular weight is 292 g/mol. The lowest BCUT2D eigenvalue weighted by molar-refractivity contribution is -0.118. The van der Waals surface area contributed by atoms with Gasteiger partial charge < -0.3 is 9.84 Å². The maximum atomic E-state index is 11.7. The molecule has 2 N–H and O–H groups in total. The van der Waals surface area contributed by atoms with E-state index >= 15 is 0 Å². The van der Waals surface area contributed by atoms with E-state index in [-0.39, 0.29) is 22.5 Å². The molecule has 0 aliphatic rings. The number of carboxylic acid groups (broad SMARTS) is 1. The summed E-state index contributed by atoms with van der Waals surface area (Å²) >= 11 is 0.919. The highest BCUT2D eigenvalue weighted by Crippen LogP contribution is 2.22. The third kappa shape index (κ3) is 3.55. The van der Waals surface area contributed by atoms with Crippen LogP contribution in [0.15, 0.2) is 30.3 Å². The highest BCUT2D eigenvalue weighted by atomic mass is 32.1. The van der Waals surface area contributed by atoms with Crippen LogP contribution >= 0.6 is 11.3 Å². The van der Waals surface area contributed by atoms with Gasteiger partial charge in [-0.2, -0.15) is 0 Å². The van der Waals surface area contributed by atoms with Gasteiger partial charge in [-0.15, -0.1) is 0 Å². The first-order valence-electron chi connectivity index (χ1n) is 5.74. The standard InChI is InChI=1S/C13H12N2O4S/c1-8-11(12(17)18)20-13(14-8)15-10(16)7-19-9-5-3-2-4-6-9/h2-6H,7H2,1H3,(H,17,18)(H,14,15,16). The summed E-state index contributed by atoms with van der Waals surface area (Å²) in [5.41, 5.74) is 0.377. The van der Waals surface area contributed by atoms with Gasteiger partial charge in [0.2, 0.25) is 0 Å². The SMILES string of the molecule is Cc1nc(NC(=O)COc2ccccc2)sc1C(=O)O. The molecular formula is C13H12N2O4S. The number of carbonyl (C=O) groups excluding carboxylic acids is 1. The molecule has 0 atom stereocenters. The Labute approximate surface area is 119 Å². The first kappa shape index (κ1) is 14.0. The Morgan fingerprint density at radius 1 is 1.35 bits per heavy atom. The van der Waals surface area contributed by atoms with Crippen LogP contribution in [0.3, 0.4) is 0 Å². The molecule has 0 saturated carbocycles. The molecule has 0 saturated heterocycles. The quantitative estimate of drug-likeness (QED) is 0.881. The number of amides is 1. The monoisotopic (exact) mass is 292 g/mol. The van der Waals surface area contributed by atoms with Gasteiger partial charge in [0.1, 0.15) is 10.6 Å². The van der Waals surface area contributed by atoms with Crippen LogP contribution < -0.4 is 10.1 Å². The number of aromatic nitrogens is 1. The van der Waals surface area contributed by atoms with Crippen molar-refractivity contribution in [2.75, 3.05) is 11.9 Å². The molecule has 0 bridgehead atoms. The number of para-hydroxylation sites is 1. The molecule has 1 amide bonds. The van der Waals surface area contributed by atoms with Crippen molar-refractivity contribution >= 4 is 28.3 Å². The van der Waals surface area contributed by atoms with E-state index in [1.54, 1.807) is 31.2 Å². The Bertz CT molecular complexity index is 625. The molecule has 0 unspecified atom stereocenters. The van der Waals surface area contributed by atoms with Crippen molar-refractivity contribution in [3.05, 3.63) is 40.9 Å². The summed E-state index contributed by atoms with van der Waals surface area (Å²) < 4.78 is 5.27. The smallest absolute Gasteiger partial charge is 0.347 e. The summed E-state index contributed by atoms with van der Waals surface area (Å²) in [6.45, 7) is 1.42. The van der Waals surface area contributed by atoms with Crippen molar-refractivity contribution in [3.8, 4) is 5.75 Å². The van der Waals surface area contributed by atoms with E-state index in [4.69, 9.17) is 9.84 Å². The number of rotatable bonds is 5. The second kappa shape index (κ2) is 6.16. The summed E-state index contributed by atoms with van der Waals surface area (Å²) in [7, 11) is 0. The van der Waals surface area contributed by atoms with Crippen LogP contribution in [0.4, 0.5) is 5.13 Å². The van der Waals surface area contributed by atoms with E-state index < -0.39 is 5.97 Å². The molecule has 6 nitrogen and oxygen atoms in total. The van der Waals surface area contributed by atoms with Crippen molar-refractivity contribution in [1.82, 2.24) is 4.98 Å². The molecule has 2 rings (SSSR count). The Morgan fingerprint density at radius 2 is 2.05 bits per heavy atom. The van der Waals surface area contributed by atoms with Crippen LogP contribution in [0.2, 0.25) is 0 Å². The largest absolute Gasteiger partial charge is 0.484 e. The summed E-state index contributed by atoms with van der Waals surface area (Å²) in [5, 5.41) is 11.7. The third-order valence-corrected chi connectivity index (χ3v) is 3.41. The average Bonchev–Trinajstić information content (AvgIpc) is 2.78. The molecule has 1 aromatic heterocycles. The van der Waals surface area contributed by atoms with Crippen LogP contribution in [0, 0.1) is 6.92 Å². The molecule has 20 heavy (non-hydrogen) atoms. The first-order valence-corrected chi connectivity index (χ1v) is 6.56. The molecule has 1 heterocycles. The number of thiazole rings is 1. The van der Waals surface area contributed by atoms with Crippen molar-refractivity contribution in [2.45, 2.75) is 6.92 Å². The van der Waals surface area contributed by atoms with E-state index in [0.29, 0.717) is 11.4 Å². The second-order valence-corrected chi connectivity index (χ2v) is 4.89. The topological polar surface area (TPSA) is 88.5 Å². The normalized spacial score (nSPS) is 10.1. The van der Waals surface area contributed by atoms with Crippen LogP contribution in [-0.2, 0) is 4.79 Å². The van der Waals surface area contributed by atoms with Gasteiger partial charge in [-0.3, -0.25) is 10.1 Å². The maximum Gasteiger partial charge on any atom is 0.347 e. The van der Waals surface area contributed by atoms with Gasteiger partial charge in [0.15, 0.2) is 11.7 Å². The maximum absolute atomic E-state index is 11.7. The fourth-order valence-corrected chi connectivity index (χ4v) is 2.29. The van der Waals surface area contributed by atoms with Crippen LogP contribution in [0.5, 0.6) is 5.75 Å². The molecule has 0 aliphatic carbocycles. The number of aromatic carboxylic acids is 1. The van der Waals surface area contributed by atoms with Crippen molar-refractivity contribution in [2.24, 2.45) is 0 Å². The number of nitrogens with one attached hydrogen (secondary N) is 1. The summed E-state index contributed by atoms with van der Waals surface area (Å²) in [6.07, 6.45) is 0. The predicted octanol–water partition coefficient (Wildman–Crippen LogP) is 2.17. The second-order valence-electron chi connectivity index (χ2n) is 3.89. The van der Waals surface area contributed by atoms with Gasteiger partial charge in [0.05, 0.1) is 5.69 Å². The predicted molar refractivity (Wildman–Crippen MR) is 74.4 cm³/mol. The van der Waals surface area contributed by atoms with Gasteiger partial charge in [-0.25, -0.2) is 9.78 Å². The minimum atomic E-state index is -1.05. The van der Waals surface area contributed by atoms with Gasteiger partial charge in [-0.05, 0) is 19.1 Å². The Kier molecular flexibility index (Phi) is 4.31. The van der Waals surface area contributed by atoms with E-state index in [2.05, 4.69) is 10.3 Å². The zero-order valence-electron chi connectivity index (χ0n) is 10.6. The van der Waals surface area contributed by atoms with E-state index in [1.807, 2.05) is 6.07 Å². The number of aryl methyl sites for hydroxylation is 1. The van der Waals surface area contributed by atoms with Crippen molar-refractivity contribution < 1.29 is 19.4 Å². The van der Waals surface area contributed by atoms with Crippen molar-refractivity contribution in [3.63, 3.8) is 0 Å². The first-order chi connectivity index (χ1) is 9.56. The molecule has 0 aliphatic heterocycles. The minimum absolute atomic E-state index is 0.115. The minimum Gasteiger partial charge on any atom is -0.484 e. The van der Waals surface area contributed by atoms with Gasteiger partial charge in [0.25, 0.3) is 5.91 Å². The number of carboxylic acids is 1. The number of hydrogen-bond donors (Lipinski definition) is 2. The van der Waals surface area contributed by atoms with E-state index in [1.165, 1.54) is 0 Å². The number of anilines is 1. The number of ether oxygens (including phenoxy) is 1. The number of benzene rings is 1. The number of carbonyl (C=O) groups is 2. The molecule has 0 radical (unpaired) electrons. The molecule has 0 fully saturated rings. The van der Waals surface area contributed by atoms with Gasteiger partial charge >= 0.3 is 5.97 Å². The fraction of sp³-hybridized carbons (Fsp3) is 0.154. The highest BCUT2D eigenvalue weighted by molar-refractivity contribution is 7.17.